The van der Waals surface area contributed by atoms with E-state index in [0.29, 0.717) is 28.8 Å². The van der Waals surface area contributed by atoms with E-state index in [9.17, 15) is 9.18 Å². The van der Waals surface area contributed by atoms with Crippen LogP contribution in [0.2, 0.25) is 0 Å². The maximum absolute atomic E-state index is 12.9. The van der Waals surface area contributed by atoms with Crippen LogP contribution in [-0.2, 0) is 11.3 Å². The Morgan fingerprint density at radius 1 is 1.17 bits per heavy atom. The zero-order chi connectivity index (χ0) is 17.5. The standard InChI is InChI=1S/C17H18FN3O2S/c1-11(22)20-14-7-8-16(23-2)15(9-14)21-17(24)19-10-12-3-5-13(18)6-4-12/h3-9H,10H2,1-2H3,(H,20,22)(H2,19,21,24). The van der Waals surface area contributed by atoms with Gasteiger partial charge in [-0.2, -0.15) is 0 Å². The summed E-state index contributed by atoms with van der Waals surface area (Å²) in [7, 11) is 1.55. The number of carbonyl (C=O) groups excluding carboxylic acids is 1. The molecule has 2 aromatic rings. The van der Waals surface area contributed by atoms with Crippen molar-refractivity contribution in [3.8, 4) is 5.75 Å². The van der Waals surface area contributed by atoms with E-state index in [-0.39, 0.29) is 11.7 Å². The number of hydrogen-bond acceptors (Lipinski definition) is 3. The molecule has 0 saturated carbocycles. The van der Waals surface area contributed by atoms with Crippen LogP contribution in [-0.4, -0.2) is 18.1 Å². The van der Waals surface area contributed by atoms with Gasteiger partial charge in [0.25, 0.3) is 0 Å². The zero-order valence-corrected chi connectivity index (χ0v) is 14.2. The average molecular weight is 347 g/mol. The largest absolute Gasteiger partial charge is 0.495 e. The second-order valence-electron chi connectivity index (χ2n) is 5.03. The highest BCUT2D eigenvalue weighted by Gasteiger charge is 2.07. The van der Waals surface area contributed by atoms with Gasteiger partial charge in [0.2, 0.25) is 5.91 Å². The van der Waals surface area contributed by atoms with Gasteiger partial charge in [0.05, 0.1) is 12.8 Å². The lowest BCUT2D eigenvalue weighted by molar-refractivity contribution is -0.114. The SMILES string of the molecule is COc1ccc(NC(C)=O)cc1NC(=S)NCc1ccc(F)cc1. The van der Waals surface area contributed by atoms with Crippen LogP contribution in [0.4, 0.5) is 15.8 Å². The van der Waals surface area contributed by atoms with Gasteiger partial charge < -0.3 is 20.7 Å². The molecule has 2 aromatic carbocycles. The summed E-state index contributed by atoms with van der Waals surface area (Å²) >= 11 is 5.26. The summed E-state index contributed by atoms with van der Waals surface area (Å²) in [5.74, 6) is 0.150. The molecule has 0 aliphatic rings. The van der Waals surface area contributed by atoms with E-state index in [1.807, 2.05) is 0 Å². The van der Waals surface area contributed by atoms with E-state index >= 15 is 0 Å². The van der Waals surface area contributed by atoms with Crippen molar-refractivity contribution in [2.75, 3.05) is 17.7 Å². The molecule has 7 heteroatoms. The average Bonchev–Trinajstić information content (AvgIpc) is 2.54. The second-order valence-corrected chi connectivity index (χ2v) is 5.44. The zero-order valence-electron chi connectivity index (χ0n) is 13.4. The summed E-state index contributed by atoms with van der Waals surface area (Å²) in [6.07, 6.45) is 0. The molecule has 0 fully saturated rings. The molecule has 0 aromatic heterocycles. The minimum absolute atomic E-state index is 0.164. The molecular weight excluding hydrogens is 329 g/mol. The minimum Gasteiger partial charge on any atom is -0.495 e. The fourth-order valence-corrected chi connectivity index (χ4v) is 2.22. The maximum Gasteiger partial charge on any atom is 0.221 e. The normalized spacial score (nSPS) is 9.96. The molecule has 0 bridgehead atoms. The highest BCUT2D eigenvalue weighted by atomic mass is 32.1. The Bertz CT molecular complexity index is 735. The predicted molar refractivity (Wildman–Crippen MR) is 96.8 cm³/mol. The molecular formula is C17H18FN3O2S. The van der Waals surface area contributed by atoms with Crippen molar-refractivity contribution >= 4 is 34.6 Å². The van der Waals surface area contributed by atoms with Crippen LogP contribution in [0.5, 0.6) is 5.75 Å². The molecule has 3 N–H and O–H groups in total. The van der Waals surface area contributed by atoms with Crippen molar-refractivity contribution in [2.45, 2.75) is 13.5 Å². The van der Waals surface area contributed by atoms with Crippen molar-refractivity contribution in [3.05, 3.63) is 53.8 Å². The Labute approximate surface area is 145 Å². The van der Waals surface area contributed by atoms with E-state index in [1.54, 1.807) is 37.4 Å². The molecule has 126 valence electrons. The third kappa shape index (κ3) is 5.20. The Hall–Kier alpha value is -2.67. The highest BCUT2D eigenvalue weighted by Crippen LogP contribution is 2.27. The Balaban J connectivity index is 2.01. The van der Waals surface area contributed by atoms with Crippen LogP contribution >= 0.6 is 12.2 Å². The van der Waals surface area contributed by atoms with Crippen molar-refractivity contribution in [1.29, 1.82) is 0 Å². The highest BCUT2D eigenvalue weighted by molar-refractivity contribution is 7.80. The first kappa shape index (κ1) is 17.7. The molecule has 0 unspecified atom stereocenters. The fourth-order valence-electron chi connectivity index (χ4n) is 2.04. The molecule has 2 rings (SSSR count). The quantitative estimate of drug-likeness (QED) is 0.725. The summed E-state index contributed by atoms with van der Waals surface area (Å²) in [5, 5.41) is 9.15. The summed E-state index contributed by atoms with van der Waals surface area (Å²) in [6.45, 7) is 1.89. The topological polar surface area (TPSA) is 62.4 Å². The lowest BCUT2D eigenvalue weighted by atomic mass is 10.2. The number of thiocarbonyl (C=S) groups is 1. The molecule has 0 radical (unpaired) electrons. The van der Waals surface area contributed by atoms with Crippen LogP contribution in [0.1, 0.15) is 12.5 Å². The predicted octanol–water partition coefficient (Wildman–Crippen LogP) is 3.28. The molecule has 0 atom stereocenters. The van der Waals surface area contributed by atoms with Gasteiger partial charge in [-0.3, -0.25) is 4.79 Å². The molecule has 0 aliphatic carbocycles. The number of halogens is 1. The number of carbonyl (C=O) groups is 1. The van der Waals surface area contributed by atoms with E-state index in [4.69, 9.17) is 17.0 Å². The van der Waals surface area contributed by atoms with Gasteiger partial charge in [-0.25, -0.2) is 4.39 Å². The number of ether oxygens (including phenoxy) is 1. The van der Waals surface area contributed by atoms with Crippen LogP contribution in [0.25, 0.3) is 0 Å². The van der Waals surface area contributed by atoms with Crippen molar-refractivity contribution in [1.82, 2.24) is 5.32 Å². The molecule has 1 amide bonds. The van der Waals surface area contributed by atoms with Crippen molar-refractivity contribution in [2.24, 2.45) is 0 Å². The van der Waals surface area contributed by atoms with E-state index in [2.05, 4.69) is 16.0 Å². The first-order valence-corrected chi connectivity index (χ1v) is 7.63. The third-order valence-electron chi connectivity index (χ3n) is 3.13. The number of amides is 1. The lowest BCUT2D eigenvalue weighted by Gasteiger charge is -2.15. The summed E-state index contributed by atoms with van der Waals surface area (Å²) in [6, 6.07) is 11.4. The first-order chi connectivity index (χ1) is 11.5. The smallest absolute Gasteiger partial charge is 0.221 e. The molecule has 0 heterocycles. The number of benzene rings is 2. The summed E-state index contributed by atoms with van der Waals surface area (Å²) < 4.78 is 18.2. The first-order valence-electron chi connectivity index (χ1n) is 7.23. The molecule has 0 aliphatic heterocycles. The number of rotatable bonds is 5. The van der Waals surface area contributed by atoms with E-state index in [0.717, 1.165) is 5.56 Å². The summed E-state index contributed by atoms with van der Waals surface area (Å²) in [4.78, 5) is 11.2. The molecule has 5 nitrogen and oxygen atoms in total. The van der Waals surface area contributed by atoms with Gasteiger partial charge in [0, 0.05) is 19.2 Å². The van der Waals surface area contributed by atoms with Gasteiger partial charge in [-0.05, 0) is 48.1 Å². The lowest BCUT2D eigenvalue weighted by Crippen LogP contribution is -2.28. The number of hydrogen-bond donors (Lipinski definition) is 3. The van der Waals surface area contributed by atoms with Gasteiger partial charge >= 0.3 is 0 Å². The Morgan fingerprint density at radius 2 is 1.88 bits per heavy atom. The van der Waals surface area contributed by atoms with Crippen LogP contribution in [0, 0.1) is 5.82 Å². The van der Waals surface area contributed by atoms with Crippen LogP contribution < -0.4 is 20.7 Å². The van der Waals surface area contributed by atoms with Crippen LogP contribution in [0.15, 0.2) is 42.5 Å². The van der Waals surface area contributed by atoms with Crippen molar-refractivity contribution in [3.63, 3.8) is 0 Å². The Morgan fingerprint density at radius 3 is 2.50 bits per heavy atom. The fraction of sp³-hybridized carbons (Fsp3) is 0.176. The van der Waals surface area contributed by atoms with Crippen molar-refractivity contribution < 1.29 is 13.9 Å². The molecule has 0 spiro atoms. The minimum atomic E-state index is -0.279. The van der Waals surface area contributed by atoms with Gasteiger partial charge in [0.15, 0.2) is 5.11 Å². The molecule has 0 saturated heterocycles. The van der Waals surface area contributed by atoms with E-state index in [1.165, 1.54) is 19.1 Å². The second kappa shape index (κ2) is 8.26. The van der Waals surface area contributed by atoms with E-state index < -0.39 is 0 Å². The Kier molecular flexibility index (Phi) is 6.08. The van der Waals surface area contributed by atoms with Gasteiger partial charge in [-0.1, -0.05) is 12.1 Å². The maximum atomic E-state index is 12.9. The van der Waals surface area contributed by atoms with Gasteiger partial charge in [-0.15, -0.1) is 0 Å². The summed E-state index contributed by atoms with van der Waals surface area (Å²) in [5.41, 5.74) is 2.16. The number of anilines is 2. The van der Waals surface area contributed by atoms with Crippen LogP contribution in [0.3, 0.4) is 0 Å². The third-order valence-corrected chi connectivity index (χ3v) is 3.38. The molecule has 24 heavy (non-hydrogen) atoms. The number of nitrogens with one attached hydrogen (secondary N) is 3. The monoisotopic (exact) mass is 347 g/mol. The van der Waals surface area contributed by atoms with Gasteiger partial charge in [0.1, 0.15) is 11.6 Å². The number of methoxy groups -OCH3 is 1.